The van der Waals surface area contributed by atoms with Crippen molar-refractivity contribution in [3.63, 3.8) is 0 Å². The molecule has 0 N–H and O–H groups in total. The van der Waals surface area contributed by atoms with Crippen LogP contribution in [0.1, 0.15) is 0 Å². The van der Waals surface area contributed by atoms with Crippen molar-refractivity contribution in [3.05, 3.63) is 268 Å². The maximum Gasteiger partial charge on any atom is 0.165 e. The minimum atomic E-state index is 0.725. The fourth-order valence-electron chi connectivity index (χ4n) is 13.6. The van der Waals surface area contributed by atoms with Gasteiger partial charge in [-0.05, 0) is 94.5 Å². The van der Waals surface area contributed by atoms with Gasteiger partial charge in [0.15, 0.2) is 11.6 Å². The number of furan rings is 1. The Morgan fingerprint density at radius 3 is 1.19 bits per heavy atom. The summed E-state index contributed by atoms with van der Waals surface area (Å²) in [7, 11) is 0. The maximum absolute atomic E-state index is 6.70. The Kier molecular flexibility index (Phi) is 9.60. The lowest BCUT2D eigenvalue weighted by Gasteiger charge is -2.27. The van der Waals surface area contributed by atoms with E-state index in [2.05, 4.69) is 243 Å². The van der Waals surface area contributed by atoms with Gasteiger partial charge < -0.3 is 13.6 Å². The zero-order valence-electron chi connectivity index (χ0n) is 44.4. The van der Waals surface area contributed by atoms with E-state index in [0.29, 0.717) is 0 Å². The van der Waals surface area contributed by atoms with Crippen molar-refractivity contribution in [2.45, 2.75) is 0 Å². The number of benzene rings is 9. The van der Waals surface area contributed by atoms with Crippen molar-refractivity contribution in [3.8, 4) is 56.4 Å². The van der Waals surface area contributed by atoms with E-state index in [-0.39, 0.29) is 0 Å². The smallest absolute Gasteiger partial charge is 0.165 e. The van der Waals surface area contributed by atoms with Crippen molar-refractivity contribution in [1.82, 2.24) is 38.2 Å². The summed E-state index contributed by atoms with van der Waals surface area (Å²) in [5.74, 6) is 1.45. The van der Waals surface area contributed by atoms with Crippen LogP contribution in [-0.4, -0.2) is 38.2 Å². The molecule has 9 nitrogen and oxygen atoms in total. The summed E-state index contributed by atoms with van der Waals surface area (Å²) < 4.78 is 16.4. The number of fused-ring (bicyclic) bond motifs is 15. The van der Waals surface area contributed by atoms with E-state index in [1.807, 2.05) is 43.2 Å². The number of nitrogens with zero attached hydrogens (tertiary/aromatic N) is 8. The molecule has 0 aliphatic heterocycles. The molecule has 9 heteroatoms. The van der Waals surface area contributed by atoms with Gasteiger partial charge in [-0.2, -0.15) is 0 Å². The molecular weight excluding hydrogens is 1020 g/mol. The monoisotopic (exact) mass is 1060 g/mol. The summed E-state index contributed by atoms with van der Waals surface area (Å²) in [5, 5.41) is 10.6. The molecule has 0 spiro atoms. The average molecular weight is 1060 g/mol. The maximum atomic E-state index is 6.70. The van der Waals surface area contributed by atoms with E-state index < -0.39 is 0 Å². The zero-order chi connectivity index (χ0) is 54.3. The highest BCUT2D eigenvalue weighted by molar-refractivity contribution is 6.22. The lowest BCUT2D eigenvalue weighted by molar-refractivity contribution is 0.669. The molecule has 0 fully saturated rings. The van der Waals surface area contributed by atoms with Gasteiger partial charge in [0.1, 0.15) is 22.5 Å². The first-order valence-corrected chi connectivity index (χ1v) is 27.9. The molecule has 0 atom stereocenters. The fourth-order valence-corrected chi connectivity index (χ4v) is 13.6. The molecule has 0 radical (unpaired) electrons. The summed E-state index contributed by atoms with van der Waals surface area (Å²) in [6.07, 6.45) is 11.7. The first kappa shape index (κ1) is 45.4. The number of hydrogen-bond donors (Lipinski definition) is 0. The van der Waals surface area contributed by atoms with E-state index >= 15 is 0 Å². The van der Waals surface area contributed by atoms with Gasteiger partial charge in [0.25, 0.3) is 0 Å². The molecule has 0 amide bonds. The predicted molar refractivity (Wildman–Crippen MR) is 339 cm³/mol. The molecule has 9 aromatic carbocycles. The zero-order valence-corrected chi connectivity index (χ0v) is 44.4. The number of rotatable bonds is 7. The van der Waals surface area contributed by atoms with Gasteiger partial charge in [-0.25, -0.2) is 4.98 Å². The van der Waals surface area contributed by atoms with Crippen LogP contribution in [0.15, 0.2) is 272 Å². The molecule has 0 saturated heterocycles. The first-order valence-electron chi connectivity index (χ1n) is 27.9. The fraction of sp³-hybridized carbons (Fsp3) is 0. The molecule has 0 unspecified atom stereocenters. The molecule has 0 saturated carbocycles. The number of pyridine rings is 4. The third kappa shape index (κ3) is 6.47. The largest absolute Gasteiger partial charge is 0.456 e. The molecule has 0 aliphatic carbocycles. The van der Waals surface area contributed by atoms with Crippen LogP contribution in [0.25, 0.3) is 166 Å². The van der Waals surface area contributed by atoms with Crippen LogP contribution in [0.5, 0.6) is 0 Å². The third-order valence-electron chi connectivity index (χ3n) is 17.1. The van der Waals surface area contributed by atoms with Gasteiger partial charge in [0.05, 0.1) is 44.1 Å². The Labute approximate surface area is 473 Å². The minimum absolute atomic E-state index is 0.725. The minimum Gasteiger partial charge on any atom is -0.456 e. The standard InChI is InChI=1S/C74H44N8O/c1-3-17-45(18-4-1)48-25-15-30-64-69(48)70-49(46-19-5-2-6-20-46)26-16-31-65(70)80(64)72-68(47-33-34-67-54(41-47)53-24-10-14-32-66(53)83-67)71(79-58-27-11-7-21-50(58)55-42-75-38-35-61(55)79)73(81-59-28-12-8-22-51(59)56-43-76-39-36-62(56)81)78-74(72)82-60-29-13-9-23-52(60)57-44-77-40-37-63(57)82/h1-44H. The molecule has 0 bridgehead atoms. The van der Waals surface area contributed by atoms with Crippen LogP contribution in [0.4, 0.5) is 0 Å². The summed E-state index contributed by atoms with van der Waals surface area (Å²) in [6, 6.07) is 82.7. The van der Waals surface area contributed by atoms with Crippen molar-refractivity contribution in [2.75, 3.05) is 0 Å². The molecule has 18 rings (SSSR count). The second kappa shape index (κ2) is 17.5. The highest BCUT2D eigenvalue weighted by Gasteiger charge is 2.34. The highest BCUT2D eigenvalue weighted by Crippen LogP contribution is 2.51. The molecule has 18 aromatic rings. The lowest BCUT2D eigenvalue weighted by atomic mass is 9.95. The van der Waals surface area contributed by atoms with Crippen LogP contribution < -0.4 is 0 Å². The normalized spacial score (nSPS) is 12.1. The predicted octanol–water partition coefficient (Wildman–Crippen LogP) is 18.6. The van der Waals surface area contributed by atoms with Crippen molar-refractivity contribution in [1.29, 1.82) is 0 Å². The molecule has 0 aliphatic rings. The Hall–Kier alpha value is -11.4. The van der Waals surface area contributed by atoms with Gasteiger partial charge in [-0.1, -0.05) is 164 Å². The van der Waals surface area contributed by atoms with Crippen LogP contribution >= 0.6 is 0 Å². The van der Waals surface area contributed by atoms with Gasteiger partial charge in [0, 0.05) is 96.6 Å². The van der Waals surface area contributed by atoms with Crippen molar-refractivity contribution < 1.29 is 4.42 Å². The van der Waals surface area contributed by atoms with Gasteiger partial charge in [0.2, 0.25) is 0 Å². The molecule has 83 heavy (non-hydrogen) atoms. The van der Waals surface area contributed by atoms with Crippen molar-refractivity contribution >= 4 is 109 Å². The number of para-hydroxylation sites is 4. The highest BCUT2D eigenvalue weighted by atomic mass is 16.3. The van der Waals surface area contributed by atoms with Crippen LogP contribution in [-0.2, 0) is 0 Å². The van der Waals surface area contributed by atoms with Gasteiger partial charge in [-0.15, -0.1) is 0 Å². The summed E-state index contributed by atoms with van der Waals surface area (Å²) in [5.41, 5.74) is 17.8. The second-order valence-corrected chi connectivity index (χ2v) is 21.3. The average Bonchev–Trinajstić information content (AvgIpc) is 1.84. The van der Waals surface area contributed by atoms with Gasteiger partial charge >= 0.3 is 0 Å². The number of aromatic nitrogens is 8. The summed E-state index contributed by atoms with van der Waals surface area (Å²) in [6.45, 7) is 0. The Morgan fingerprint density at radius 2 is 0.675 bits per heavy atom. The topological polar surface area (TPSA) is 84.4 Å². The summed E-state index contributed by atoms with van der Waals surface area (Å²) in [4.78, 5) is 20.8. The molecule has 9 aromatic heterocycles. The molecule has 386 valence electrons. The van der Waals surface area contributed by atoms with Crippen molar-refractivity contribution in [2.24, 2.45) is 0 Å². The van der Waals surface area contributed by atoms with Crippen LogP contribution in [0.2, 0.25) is 0 Å². The van der Waals surface area contributed by atoms with E-state index in [0.717, 1.165) is 166 Å². The first-order chi connectivity index (χ1) is 41.2. The van der Waals surface area contributed by atoms with Gasteiger partial charge in [-0.3, -0.25) is 24.1 Å². The Bertz CT molecular complexity index is 5450. The third-order valence-corrected chi connectivity index (χ3v) is 17.1. The molecular formula is C74H44N8O. The molecule has 9 heterocycles. The Morgan fingerprint density at radius 1 is 0.277 bits per heavy atom. The Balaban J connectivity index is 1.16. The summed E-state index contributed by atoms with van der Waals surface area (Å²) >= 11 is 0. The van der Waals surface area contributed by atoms with E-state index in [4.69, 9.17) is 24.4 Å². The van der Waals surface area contributed by atoms with Crippen LogP contribution in [0, 0.1) is 0 Å². The second-order valence-electron chi connectivity index (χ2n) is 21.3. The SMILES string of the molecule is c1ccc(-c2cccc3c2c2c(-c4ccccc4)cccc2n3-c2c(-n3c4ccccc4c4cnccc43)nc(-n3c4ccccc4c4cnccc43)c(-n3c4ccccc4c4cnccc43)c2-c2ccc3oc4ccccc4c3c2)cc1. The lowest BCUT2D eigenvalue weighted by Crippen LogP contribution is -2.16. The van der Waals surface area contributed by atoms with E-state index in [9.17, 15) is 0 Å². The quantitative estimate of drug-likeness (QED) is 0.159. The number of hydrogen-bond acceptors (Lipinski definition) is 5. The van der Waals surface area contributed by atoms with E-state index in [1.165, 1.54) is 0 Å². The van der Waals surface area contributed by atoms with E-state index in [1.54, 1.807) is 0 Å². The van der Waals surface area contributed by atoms with Crippen LogP contribution in [0.3, 0.4) is 0 Å².